The summed E-state index contributed by atoms with van der Waals surface area (Å²) in [6.45, 7) is 6.02. The van der Waals surface area contributed by atoms with E-state index in [4.69, 9.17) is 4.74 Å². The predicted octanol–water partition coefficient (Wildman–Crippen LogP) is 4.03. The van der Waals surface area contributed by atoms with Gasteiger partial charge < -0.3 is 9.64 Å². The second-order valence-corrected chi connectivity index (χ2v) is 9.66. The molecule has 35 heavy (non-hydrogen) atoms. The summed E-state index contributed by atoms with van der Waals surface area (Å²) >= 11 is 0. The quantitative estimate of drug-likeness (QED) is 0.290. The number of benzene rings is 2. The molecular weight excluding hydrogens is 444 g/mol. The largest absolute Gasteiger partial charge is 0.426 e. The lowest BCUT2D eigenvalue weighted by atomic mass is 9.85. The van der Waals surface area contributed by atoms with Crippen molar-refractivity contribution in [1.29, 1.82) is 0 Å². The van der Waals surface area contributed by atoms with Crippen LogP contribution in [-0.2, 0) is 19.2 Å². The number of esters is 1. The Kier molecular flexibility index (Phi) is 5.79. The van der Waals surface area contributed by atoms with Crippen LogP contribution in [0.2, 0.25) is 0 Å². The molecule has 7 heteroatoms. The fourth-order valence-electron chi connectivity index (χ4n) is 5.31. The topological polar surface area (TPSA) is 84.0 Å². The van der Waals surface area contributed by atoms with Crippen molar-refractivity contribution in [2.24, 2.45) is 17.8 Å². The van der Waals surface area contributed by atoms with Crippen LogP contribution in [0.4, 0.5) is 11.4 Å². The van der Waals surface area contributed by atoms with Crippen molar-refractivity contribution in [3.8, 4) is 5.75 Å². The molecule has 0 spiro atoms. The Morgan fingerprint density at radius 3 is 2.23 bits per heavy atom. The molecule has 3 atom stereocenters. The van der Waals surface area contributed by atoms with E-state index in [0.717, 1.165) is 16.8 Å². The van der Waals surface area contributed by atoms with Gasteiger partial charge >= 0.3 is 5.97 Å². The molecule has 0 saturated carbocycles. The van der Waals surface area contributed by atoms with E-state index in [1.54, 1.807) is 30.0 Å². The lowest BCUT2D eigenvalue weighted by molar-refractivity contribution is -0.139. The second-order valence-electron chi connectivity index (χ2n) is 9.66. The Morgan fingerprint density at radius 1 is 0.886 bits per heavy atom. The average molecular weight is 473 g/mol. The van der Waals surface area contributed by atoms with E-state index in [-0.39, 0.29) is 42.5 Å². The van der Waals surface area contributed by atoms with Crippen molar-refractivity contribution < 1.29 is 23.9 Å². The minimum atomic E-state index is -0.570. The summed E-state index contributed by atoms with van der Waals surface area (Å²) in [7, 11) is 0. The SMILES string of the molecule is Cc1cc(OC(=O)[C@@H]2CC(=O)N(c3cccc(C)c3C)C2)ccc1N1C(=O)[C@H]2CC=CC[C@H]2C1=O. The molecular formula is C28H28N2O5. The van der Waals surface area contributed by atoms with Gasteiger partial charge in [-0.2, -0.15) is 0 Å². The number of hydrogen-bond donors (Lipinski definition) is 0. The maximum absolute atomic E-state index is 12.9. The third-order valence-corrected chi connectivity index (χ3v) is 7.46. The molecule has 2 saturated heterocycles. The van der Waals surface area contributed by atoms with Crippen LogP contribution < -0.4 is 14.5 Å². The number of allylic oxidation sites excluding steroid dienone is 2. The number of imide groups is 1. The van der Waals surface area contributed by atoms with Crippen LogP contribution in [0.25, 0.3) is 0 Å². The first kappa shape index (κ1) is 23.0. The lowest BCUT2D eigenvalue weighted by Crippen LogP contribution is -2.31. The zero-order valence-electron chi connectivity index (χ0n) is 20.1. The van der Waals surface area contributed by atoms with Crippen molar-refractivity contribution in [3.05, 3.63) is 65.2 Å². The lowest BCUT2D eigenvalue weighted by Gasteiger charge is -2.20. The van der Waals surface area contributed by atoms with Gasteiger partial charge in [0.05, 0.1) is 23.4 Å². The number of carbonyl (C=O) groups excluding carboxylic acids is 4. The molecule has 5 rings (SSSR count). The van der Waals surface area contributed by atoms with Gasteiger partial charge in [0.2, 0.25) is 17.7 Å². The molecule has 3 aliphatic rings. The number of hydrogen-bond acceptors (Lipinski definition) is 5. The first-order chi connectivity index (χ1) is 16.8. The number of fused-ring (bicyclic) bond motifs is 1. The van der Waals surface area contributed by atoms with Crippen LogP contribution in [0.5, 0.6) is 5.75 Å². The summed E-state index contributed by atoms with van der Waals surface area (Å²) in [5, 5.41) is 0. The standard InChI is InChI=1S/C28H28N2O5/c1-16-7-6-10-24(18(16)3)29-15-19(14-25(29)31)28(34)35-20-11-12-23(17(2)13-20)30-26(32)21-8-4-5-9-22(21)27(30)33/h4-7,10-13,19,21-22H,8-9,14-15H2,1-3H3/t19-,21-,22+/m1/s1. The molecule has 0 N–H and O–H groups in total. The van der Waals surface area contributed by atoms with Gasteiger partial charge in [-0.15, -0.1) is 0 Å². The minimum Gasteiger partial charge on any atom is -0.426 e. The maximum Gasteiger partial charge on any atom is 0.316 e. The zero-order valence-corrected chi connectivity index (χ0v) is 20.1. The Labute approximate surface area is 204 Å². The highest BCUT2D eigenvalue weighted by atomic mass is 16.5. The van der Waals surface area contributed by atoms with E-state index >= 15 is 0 Å². The molecule has 0 aromatic heterocycles. The van der Waals surface area contributed by atoms with Gasteiger partial charge in [0.1, 0.15) is 5.75 Å². The molecule has 2 aromatic rings. The smallest absolute Gasteiger partial charge is 0.316 e. The van der Waals surface area contributed by atoms with Gasteiger partial charge in [-0.3, -0.25) is 19.2 Å². The fourth-order valence-corrected chi connectivity index (χ4v) is 5.31. The minimum absolute atomic E-state index is 0.0941. The third kappa shape index (κ3) is 3.95. The van der Waals surface area contributed by atoms with E-state index in [1.165, 1.54) is 4.90 Å². The van der Waals surface area contributed by atoms with Gasteiger partial charge in [0.25, 0.3) is 0 Å². The van der Waals surface area contributed by atoms with Gasteiger partial charge in [0.15, 0.2) is 0 Å². The Balaban J connectivity index is 1.29. The van der Waals surface area contributed by atoms with Crippen LogP contribution >= 0.6 is 0 Å². The van der Waals surface area contributed by atoms with E-state index < -0.39 is 11.9 Å². The molecule has 0 bridgehead atoms. The molecule has 2 aromatic carbocycles. The maximum atomic E-state index is 12.9. The van der Waals surface area contributed by atoms with Gasteiger partial charge in [0, 0.05) is 18.7 Å². The van der Waals surface area contributed by atoms with Crippen LogP contribution in [0, 0.1) is 38.5 Å². The number of aryl methyl sites for hydroxylation is 2. The normalized spacial score (nSPS) is 23.7. The first-order valence-electron chi connectivity index (χ1n) is 12.0. The van der Waals surface area contributed by atoms with Crippen molar-refractivity contribution in [2.75, 3.05) is 16.3 Å². The summed E-state index contributed by atoms with van der Waals surface area (Å²) in [6.07, 6.45) is 5.18. The molecule has 2 heterocycles. The summed E-state index contributed by atoms with van der Waals surface area (Å²) in [6, 6.07) is 10.7. The Morgan fingerprint density at radius 2 is 1.57 bits per heavy atom. The van der Waals surface area contributed by atoms with Crippen molar-refractivity contribution in [3.63, 3.8) is 0 Å². The molecule has 7 nitrogen and oxygen atoms in total. The van der Waals surface area contributed by atoms with Gasteiger partial charge in [-0.05, 0) is 74.6 Å². The first-order valence-corrected chi connectivity index (χ1v) is 12.0. The highest BCUT2D eigenvalue weighted by molar-refractivity contribution is 6.22. The molecule has 2 aliphatic heterocycles. The van der Waals surface area contributed by atoms with Crippen LogP contribution in [-0.4, -0.2) is 30.2 Å². The monoisotopic (exact) mass is 472 g/mol. The Bertz CT molecular complexity index is 1250. The van der Waals surface area contributed by atoms with Gasteiger partial charge in [-0.1, -0.05) is 24.3 Å². The molecule has 0 unspecified atom stereocenters. The third-order valence-electron chi connectivity index (χ3n) is 7.46. The zero-order chi connectivity index (χ0) is 24.9. The van der Waals surface area contributed by atoms with Gasteiger partial charge in [-0.25, -0.2) is 4.90 Å². The number of carbonyl (C=O) groups is 4. The van der Waals surface area contributed by atoms with E-state index in [2.05, 4.69) is 0 Å². The number of anilines is 2. The van der Waals surface area contributed by atoms with E-state index in [0.29, 0.717) is 29.8 Å². The molecule has 2 fully saturated rings. The van der Waals surface area contributed by atoms with Crippen molar-refractivity contribution in [2.45, 2.75) is 40.0 Å². The second kappa shape index (κ2) is 8.80. The van der Waals surface area contributed by atoms with Crippen LogP contribution in [0.1, 0.15) is 36.0 Å². The Hall–Kier alpha value is -3.74. The molecule has 180 valence electrons. The van der Waals surface area contributed by atoms with Crippen LogP contribution in [0.15, 0.2) is 48.6 Å². The predicted molar refractivity (Wildman–Crippen MR) is 131 cm³/mol. The summed E-state index contributed by atoms with van der Waals surface area (Å²) in [5.74, 6) is -1.76. The summed E-state index contributed by atoms with van der Waals surface area (Å²) in [5.41, 5.74) is 4.11. The van der Waals surface area contributed by atoms with Crippen molar-refractivity contribution in [1.82, 2.24) is 0 Å². The van der Waals surface area contributed by atoms with E-state index in [1.807, 2.05) is 44.2 Å². The van der Waals surface area contributed by atoms with E-state index in [9.17, 15) is 19.2 Å². The van der Waals surface area contributed by atoms with Crippen molar-refractivity contribution >= 4 is 35.1 Å². The average Bonchev–Trinajstić information content (AvgIpc) is 3.34. The summed E-state index contributed by atoms with van der Waals surface area (Å²) < 4.78 is 5.62. The highest BCUT2D eigenvalue weighted by Gasteiger charge is 2.48. The highest BCUT2D eigenvalue weighted by Crippen LogP contribution is 2.39. The molecule has 3 amide bonds. The number of nitrogens with zero attached hydrogens (tertiary/aromatic N) is 2. The number of amides is 3. The number of ether oxygens (including phenoxy) is 1. The molecule has 0 radical (unpaired) electrons. The summed E-state index contributed by atoms with van der Waals surface area (Å²) in [4.78, 5) is 54.3. The van der Waals surface area contributed by atoms with Crippen LogP contribution in [0.3, 0.4) is 0 Å². The number of rotatable bonds is 4. The molecule has 1 aliphatic carbocycles. The fraction of sp³-hybridized carbons (Fsp3) is 0.357.